The summed E-state index contributed by atoms with van der Waals surface area (Å²) in [6, 6.07) is 28.4. The molecule has 0 saturated carbocycles. The Labute approximate surface area is 214 Å². The molecule has 0 amide bonds. The van der Waals surface area contributed by atoms with Crippen molar-refractivity contribution in [2.45, 2.75) is 12.5 Å². The minimum atomic E-state index is 0.0300. The van der Waals surface area contributed by atoms with Gasteiger partial charge in [0.2, 0.25) is 5.95 Å². The van der Waals surface area contributed by atoms with E-state index in [1.54, 1.807) is 11.3 Å². The standard InChI is InChI=1S/C27H18BrClN4S/c28-19-9-4-8-18(14-19)23-16-24(25-10-5-13-34-25)33(32-23)27-30-22-12-11-20(29)15-21(22)26(31-27)17-6-2-1-3-7-17/h1-15,24H,16H2. The highest BCUT2D eigenvalue weighted by Gasteiger charge is 2.33. The Morgan fingerprint density at radius 3 is 2.53 bits per heavy atom. The van der Waals surface area contributed by atoms with Crippen LogP contribution in [0.4, 0.5) is 5.95 Å². The monoisotopic (exact) mass is 544 g/mol. The molecule has 0 radical (unpaired) electrons. The van der Waals surface area contributed by atoms with E-state index in [0.29, 0.717) is 11.0 Å². The van der Waals surface area contributed by atoms with Crippen LogP contribution in [-0.4, -0.2) is 15.7 Å². The minimum absolute atomic E-state index is 0.0300. The molecule has 7 heteroatoms. The summed E-state index contributed by atoms with van der Waals surface area (Å²) in [7, 11) is 0. The molecule has 0 bridgehead atoms. The normalized spacial score (nSPS) is 15.6. The third-order valence-corrected chi connectivity index (χ3v) is 7.54. The van der Waals surface area contributed by atoms with Gasteiger partial charge in [0.15, 0.2) is 0 Å². The molecule has 5 aromatic rings. The summed E-state index contributed by atoms with van der Waals surface area (Å²) in [5.74, 6) is 0.581. The van der Waals surface area contributed by atoms with Crippen LogP contribution in [0.3, 0.4) is 0 Å². The lowest BCUT2D eigenvalue weighted by molar-refractivity contribution is 0.700. The van der Waals surface area contributed by atoms with Crippen molar-refractivity contribution in [2.75, 3.05) is 5.01 Å². The van der Waals surface area contributed by atoms with E-state index >= 15 is 0 Å². The van der Waals surface area contributed by atoms with Gasteiger partial charge in [-0.3, -0.25) is 0 Å². The molecular weight excluding hydrogens is 528 g/mol. The Morgan fingerprint density at radius 1 is 0.882 bits per heavy atom. The van der Waals surface area contributed by atoms with E-state index in [-0.39, 0.29) is 6.04 Å². The first-order valence-electron chi connectivity index (χ1n) is 10.8. The fourth-order valence-electron chi connectivity index (χ4n) is 4.25. The summed E-state index contributed by atoms with van der Waals surface area (Å²) in [6.45, 7) is 0. The second-order valence-corrected chi connectivity index (χ2v) is 10.4. The number of thiophene rings is 1. The third kappa shape index (κ3) is 4.02. The molecule has 1 atom stereocenters. The third-order valence-electron chi connectivity index (χ3n) is 5.84. The number of hydrogen-bond donors (Lipinski definition) is 0. The molecule has 1 aliphatic heterocycles. The van der Waals surface area contributed by atoms with Crippen LogP contribution in [0.15, 0.2) is 99.9 Å². The molecule has 0 spiro atoms. The van der Waals surface area contributed by atoms with Crippen LogP contribution in [0.5, 0.6) is 0 Å². The fourth-order valence-corrected chi connectivity index (χ4v) is 5.63. The second-order valence-electron chi connectivity index (χ2n) is 8.04. The molecule has 166 valence electrons. The first-order chi connectivity index (χ1) is 16.7. The van der Waals surface area contributed by atoms with Crippen molar-refractivity contribution < 1.29 is 0 Å². The zero-order chi connectivity index (χ0) is 23.1. The van der Waals surface area contributed by atoms with Gasteiger partial charge in [-0.05, 0) is 47.3 Å². The van der Waals surface area contributed by atoms with E-state index < -0.39 is 0 Å². The maximum Gasteiger partial charge on any atom is 0.247 e. The van der Waals surface area contributed by atoms with Gasteiger partial charge in [0, 0.05) is 31.7 Å². The number of benzene rings is 3. The second kappa shape index (κ2) is 8.95. The van der Waals surface area contributed by atoms with Gasteiger partial charge in [0.1, 0.15) is 0 Å². The average Bonchev–Trinajstić information content (AvgIpc) is 3.54. The number of aromatic nitrogens is 2. The molecule has 6 rings (SSSR count). The summed E-state index contributed by atoms with van der Waals surface area (Å²) in [4.78, 5) is 11.2. The molecule has 34 heavy (non-hydrogen) atoms. The van der Waals surface area contributed by atoms with Crippen molar-refractivity contribution >= 4 is 61.4 Å². The van der Waals surface area contributed by atoms with Crippen molar-refractivity contribution in [2.24, 2.45) is 5.10 Å². The smallest absolute Gasteiger partial charge is 0.223 e. The summed E-state index contributed by atoms with van der Waals surface area (Å²) in [5, 5.41) is 10.7. The molecule has 0 N–H and O–H groups in total. The van der Waals surface area contributed by atoms with Crippen LogP contribution >= 0.6 is 38.9 Å². The van der Waals surface area contributed by atoms with Crippen LogP contribution < -0.4 is 5.01 Å². The highest BCUT2D eigenvalue weighted by Crippen LogP contribution is 2.39. The number of halogens is 2. The number of rotatable bonds is 4. The van der Waals surface area contributed by atoms with Crippen LogP contribution in [0.1, 0.15) is 22.9 Å². The molecule has 0 fully saturated rings. The molecule has 3 heterocycles. The lowest BCUT2D eigenvalue weighted by atomic mass is 10.0. The van der Waals surface area contributed by atoms with Crippen molar-refractivity contribution in [1.82, 2.24) is 9.97 Å². The Kier molecular flexibility index (Phi) is 5.65. The summed E-state index contributed by atoms with van der Waals surface area (Å²) < 4.78 is 1.03. The zero-order valence-corrected chi connectivity index (χ0v) is 21.1. The van der Waals surface area contributed by atoms with E-state index in [1.807, 2.05) is 53.5 Å². The van der Waals surface area contributed by atoms with E-state index in [2.05, 4.69) is 57.7 Å². The predicted octanol–water partition coefficient (Wildman–Crippen LogP) is 8.13. The lowest BCUT2D eigenvalue weighted by Gasteiger charge is -2.21. The molecule has 1 unspecified atom stereocenters. The van der Waals surface area contributed by atoms with Crippen LogP contribution in [0, 0.1) is 0 Å². The molecular formula is C27H18BrClN4S. The van der Waals surface area contributed by atoms with E-state index in [4.69, 9.17) is 26.7 Å². The quantitative estimate of drug-likeness (QED) is 0.229. The molecule has 0 saturated heterocycles. The number of hydrogen-bond acceptors (Lipinski definition) is 5. The zero-order valence-electron chi connectivity index (χ0n) is 17.9. The van der Waals surface area contributed by atoms with Crippen molar-refractivity contribution in [3.8, 4) is 11.3 Å². The number of anilines is 1. The Hall–Kier alpha value is -3.06. The average molecular weight is 546 g/mol. The Morgan fingerprint density at radius 2 is 1.74 bits per heavy atom. The molecule has 3 aromatic carbocycles. The number of nitrogens with zero attached hydrogens (tertiary/aromatic N) is 4. The SMILES string of the molecule is Clc1ccc2nc(N3N=C(c4cccc(Br)c4)CC3c3cccs3)nc(-c3ccccc3)c2c1. The van der Waals surface area contributed by atoms with Gasteiger partial charge < -0.3 is 0 Å². The number of hydrazone groups is 1. The first-order valence-corrected chi connectivity index (χ1v) is 12.9. The number of fused-ring (bicyclic) bond motifs is 1. The van der Waals surface area contributed by atoms with E-state index in [0.717, 1.165) is 44.3 Å². The maximum atomic E-state index is 6.35. The molecule has 2 aromatic heterocycles. The Balaban J connectivity index is 1.54. The van der Waals surface area contributed by atoms with Gasteiger partial charge in [0.05, 0.1) is 23.0 Å². The molecule has 4 nitrogen and oxygen atoms in total. The van der Waals surface area contributed by atoms with Gasteiger partial charge in [0.25, 0.3) is 0 Å². The fraction of sp³-hybridized carbons (Fsp3) is 0.0741. The van der Waals surface area contributed by atoms with Crippen molar-refractivity contribution in [1.29, 1.82) is 0 Å². The molecule has 1 aliphatic rings. The van der Waals surface area contributed by atoms with Gasteiger partial charge in [-0.2, -0.15) is 5.10 Å². The van der Waals surface area contributed by atoms with Gasteiger partial charge in [-0.15, -0.1) is 11.3 Å². The topological polar surface area (TPSA) is 41.4 Å². The van der Waals surface area contributed by atoms with Crippen LogP contribution in [0.2, 0.25) is 5.02 Å². The van der Waals surface area contributed by atoms with E-state index in [1.165, 1.54) is 4.88 Å². The highest BCUT2D eigenvalue weighted by molar-refractivity contribution is 9.10. The van der Waals surface area contributed by atoms with Crippen molar-refractivity contribution in [3.05, 3.63) is 110 Å². The lowest BCUT2D eigenvalue weighted by Crippen LogP contribution is -2.20. The van der Waals surface area contributed by atoms with Crippen LogP contribution in [-0.2, 0) is 0 Å². The summed E-state index contributed by atoms with van der Waals surface area (Å²) in [5.41, 5.74) is 4.81. The largest absolute Gasteiger partial charge is 0.247 e. The summed E-state index contributed by atoms with van der Waals surface area (Å²) >= 11 is 11.7. The van der Waals surface area contributed by atoms with Crippen LogP contribution in [0.25, 0.3) is 22.2 Å². The van der Waals surface area contributed by atoms with Gasteiger partial charge >= 0.3 is 0 Å². The minimum Gasteiger partial charge on any atom is -0.223 e. The highest BCUT2D eigenvalue weighted by atomic mass is 79.9. The molecule has 0 aliphatic carbocycles. The van der Waals surface area contributed by atoms with Crippen molar-refractivity contribution in [3.63, 3.8) is 0 Å². The van der Waals surface area contributed by atoms with Gasteiger partial charge in [-0.1, -0.05) is 76.1 Å². The maximum absolute atomic E-state index is 6.35. The Bertz CT molecular complexity index is 1520. The first kappa shape index (κ1) is 21.5. The summed E-state index contributed by atoms with van der Waals surface area (Å²) in [6.07, 6.45) is 0.777. The van der Waals surface area contributed by atoms with Gasteiger partial charge in [-0.25, -0.2) is 15.0 Å². The van der Waals surface area contributed by atoms with E-state index in [9.17, 15) is 0 Å². The predicted molar refractivity (Wildman–Crippen MR) is 145 cm³/mol.